The second-order valence-electron chi connectivity index (χ2n) is 4.74. The largest absolute Gasteiger partial charge is 0.365 e. The highest BCUT2D eigenvalue weighted by molar-refractivity contribution is 5.30. The SMILES string of the molecule is CCn1ccnc(NCCCN2CCNCC2)c1=O. The van der Waals surface area contributed by atoms with E-state index in [1.54, 1.807) is 17.0 Å². The number of hydrogen-bond acceptors (Lipinski definition) is 5. The summed E-state index contributed by atoms with van der Waals surface area (Å²) in [4.78, 5) is 18.5. The minimum atomic E-state index is -0.0350. The standard InChI is InChI=1S/C13H23N5O/c1-2-18-11-7-16-12(13(18)19)15-4-3-8-17-9-5-14-6-10-17/h7,11,14H,2-6,8-10H2,1H3,(H,15,16). The second kappa shape index (κ2) is 7.25. The van der Waals surface area contributed by atoms with Crippen molar-refractivity contribution in [3.63, 3.8) is 0 Å². The lowest BCUT2D eigenvalue weighted by Crippen LogP contribution is -2.44. The van der Waals surface area contributed by atoms with Crippen LogP contribution in [0.25, 0.3) is 0 Å². The summed E-state index contributed by atoms with van der Waals surface area (Å²) in [6.45, 7) is 8.89. The van der Waals surface area contributed by atoms with Gasteiger partial charge in [0.1, 0.15) is 0 Å². The van der Waals surface area contributed by atoms with Crippen LogP contribution in [-0.4, -0.2) is 53.7 Å². The molecule has 1 aliphatic heterocycles. The van der Waals surface area contributed by atoms with Crippen LogP contribution in [0.3, 0.4) is 0 Å². The monoisotopic (exact) mass is 265 g/mol. The molecule has 0 radical (unpaired) electrons. The Balaban J connectivity index is 1.75. The summed E-state index contributed by atoms with van der Waals surface area (Å²) in [5.74, 6) is 0.463. The van der Waals surface area contributed by atoms with Gasteiger partial charge >= 0.3 is 0 Å². The normalized spacial score (nSPS) is 16.5. The molecule has 0 spiro atoms. The van der Waals surface area contributed by atoms with Crippen LogP contribution in [0.2, 0.25) is 0 Å². The third kappa shape index (κ3) is 4.04. The minimum absolute atomic E-state index is 0.0350. The number of nitrogens with one attached hydrogen (secondary N) is 2. The number of piperazine rings is 1. The van der Waals surface area contributed by atoms with Gasteiger partial charge in [0.05, 0.1) is 0 Å². The lowest BCUT2D eigenvalue weighted by Gasteiger charge is -2.27. The van der Waals surface area contributed by atoms with E-state index in [9.17, 15) is 4.79 Å². The molecule has 0 aromatic carbocycles. The summed E-state index contributed by atoms with van der Waals surface area (Å²) < 4.78 is 1.66. The van der Waals surface area contributed by atoms with Gasteiger partial charge in [-0.1, -0.05) is 0 Å². The van der Waals surface area contributed by atoms with Crippen molar-refractivity contribution in [2.24, 2.45) is 0 Å². The van der Waals surface area contributed by atoms with Crippen molar-refractivity contribution in [1.29, 1.82) is 0 Å². The Morgan fingerprint density at radius 2 is 2.21 bits per heavy atom. The molecule has 2 rings (SSSR count). The summed E-state index contributed by atoms with van der Waals surface area (Å²) in [6, 6.07) is 0. The topological polar surface area (TPSA) is 62.2 Å². The molecule has 6 nitrogen and oxygen atoms in total. The van der Waals surface area contributed by atoms with Crippen molar-refractivity contribution in [3.8, 4) is 0 Å². The highest BCUT2D eigenvalue weighted by Gasteiger charge is 2.08. The van der Waals surface area contributed by atoms with E-state index < -0.39 is 0 Å². The Morgan fingerprint density at radius 3 is 2.95 bits per heavy atom. The molecule has 0 unspecified atom stereocenters. The smallest absolute Gasteiger partial charge is 0.293 e. The molecule has 1 fully saturated rings. The van der Waals surface area contributed by atoms with Crippen molar-refractivity contribution in [1.82, 2.24) is 19.8 Å². The summed E-state index contributed by atoms with van der Waals surface area (Å²) >= 11 is 0. The zero-order chi connectivity index (χ0) is 13.5. The van der Waals surface area contributed by atoms with E-state index in [1.807, 2.05) is 6.92 Å². The first-order chi connectivity index (χ1) is 9.31. The fourth-order valence-electron chi connectivity index (χ4n) is 2.26. The molecule has 1 aromatic heterocycles. The zero-order valence-corrected chi connectivity index (χ0v) is 11.6. The van der Waals surface area contributed by atoms with Gasteiger partial charge in [0, 0.05) is 51.7 Å². The van der Waals surface area contributed by atoms with Crippen LogP contribution in [0.1, 0.15) is 13.3 Å². The summed E-state index contributed by atoms with van der Waals surface area (Å²) in [7, 11) is 0. The van der Waals surface area contributed by atoms with Crippen molar-refractivity contribution < 1.29 is 0 Å². The molecule has 0 bridgehead atoms. The highest BCUT2D eigenvalue weighted by atomic mass is 16.1. The van der Waals surface area contributed by atoms with Crippen molar-refractivity contribution in [2.45, 2.75) is 19.9 Å². The second-order valence-corrected chi connectivity index (χ2v) is 4.74. The van der Waals surface area contributed by atoms with Crippen molar-refractivity contribution in [2.75, 3.05) is 44.6 Å². The molecule has 19 heavy (non-hydrogen) atoms. The van der Waals surface area contributed by atoms with E-state index in [0.717, 1.165) is 45.7 Å². The first kappa shape index (κ1) is 14.0. The molecule has 106 valence electrons. The number of nitrogens with zero attached hydrogens (tertiary/aromatic N) is 3. The molecule has 0 saturated carbocycles. The maximum absolute atomic E-state index is 11.9. The van der Waals surface area contributed by atoms with Gasteiger partial charge in [0.15, 0.2) is 5.82 Å². The Kier molecular flexibility index (Phi) is 5.35. The molecule has 1 aromatic rings. The fourth-order valence-corrected chi connectivity index (χ4v) is 2.26. The molecule has 1 aliphatic rings. The van der Waals surface area contributed by atoms with Gasteiger partial charge in [-0.3, -0.25) is 4.79 Å². The summed E-state index contributed by atoms with van der Waals surface area (Å²) in [6.07, 6.45) is 4.42. The molecule has 0 atom stereocenters. The quantitative estimate of drug-likeness (QED) is 0.707. The van der Waals surface area contributed by atoms with Crippen LogP contribution in [-0.2, 0) is 6.54 Å². The van der Waals surface area contributed by atoms with Crippen molar-refractivity contribution >= 4 is 5.82 Å². The van der Waals surface area contributed by atoms with Gasteiger partial charge < -0.3 is 20.1 Å². The van der Waals surface area contributed by atoms with E-state index >= 15 is 0 Å². The van der Waals surface area contributed by atoms with Crippen LogP contribution in [0.15, 0.2) is 17.2 Å². The van der Waals surface area contributed by atoms with Gasteiger partial charge in [0.25, 0.3) is 5.56 Å². The lowest BCUT2D eigenvalue weighted by molar-refractivity contribution is 0.240. The maximum atomic E-state index is 11.9. The molecule has 2 heterocycles. The van der Waals surface area contributed by atoms with E-state index in [2.05, 4.69) is 20.5 Å². The van der Waals surface area contributed by atoms with Gasteiger partial charge in [-0.25, -0.2) is 4.98 Å². The molecule has 0 amide bonds. The van der Waals surface area contributed by atoms with Crippen LogP contribution < -0.4 is 16.2 Å². The predicted molar refractivity (Wildman–Crippen MR) is 76.6 cm³/mol. The van der Waals surface area contributed by atoms with E-state index in [1.165, 1.54) is 0 Å². The van der Waals surface area contributed by atoms with Crippen LogP contribution in [0.5, 0.6) is 0 Å². The fraction of sp³-hybridized carbons (Fsp3) is 0.692. The van der Waals surface area contributed by atoms with Gasteiger partial charge in [-0.05, 0) is 19.9 Å². The predicted octanol–water partition coefficient (Wildman–Crippen LogP) is -0.0296. The number of anilines is 1. The number of hydrogen-bond donors (Lipinski definition) is 2. The van der Waals surface area contributed by atoms with Crippen LogP contribution in [0, 0.1) is 0 Å². The number of aryl methyl sites for hydroxylation is 1. The number of rotatable bonds is 6. The average Bonchev–Trinajstić information content (AvgIpc) is 2.46. The molecular formula is C13H23N5O. The number of aromatic nitrogens is 2. The summed E-state index contributed by atoms with van der Waals surface area (Å²) in [5, 5.41) is 6.48. The molecule has 0 aliphatic carbocycles. The average molecular weight is 265 g/mol. The minimum Gasteiger partial charge on any atom is -0.365 e. The van der Waals surface area contributed by atoms with Gasteiger partial charge in [-0.15, -0.1) is 0 Å². The third-order valence-electron chi connectivity index (χ3n) is 3.41. The molecule has 6 heteroatoms. The molecular weight excluding hydrogens is 242 g/mol. The van der Waals surface area contributed by atoms with Gasteiger partial charge in [0.2, 0.25) is 0 Å². The first-order valence-corrected chi connectivity index (χ1v) is 7.03. The van der Waals surface area contributed by atoms with E-state index in [-0.39, 0.29) is 5.56 Å². The summed E-state index contributed by atoms with van der Waals surface area (Å²) in [5.41, 5.74) is -0.0350. The lowest BCUT2D eigenvalue weighted by atomic mass is 10.3. The van der Waals surface area contributed by atoms with Crippen molar-refractivity contribution in [3.05, 3.63) is 22.7 Å². The maximum Gasteiger partial charge on any atom is 0.293 e. The zero-order valence-electron chi connectivity index (χ0n) is 11.6. The Labute approximate surface area is 113 Å². The van der Waals surface area contributed by atoms with Gasteiger partial charge in [-0.2, -0.15) is 0 Å². The van der Waals surface area contributed by atoms with Crippen LogP contribution in [0.4, 0.5) is 5.82 Å². The Bertz CT molecular complexity index is 439. The Morgan fingerprint density at radius 1 is 1.42 bits per heavy atom. The Hall–Kier alpha value is -1.40. The highest BCUT2D eigenvalue weighted by Crippen LogP contribution is 1.97. The molecule has 1 saturated heterocycles. The third-order valence-corrected chi connectivity index (χ3v) is 3.41. The van der Waals surface area contributed by atoms with E-state index in [0.29, 0.717) is 12.4 Å². The first-order valence-electron chi connectivity index (χ1n) is 7.03. The van der Waals surface area contributed by atoms with E-state index in [4.69, 9.17) is 0 Å². The van der Waals surface area contributed by atoms with Crippen LogP contribution >= 0.6 is 0 Å². The molecule has 2 N–H and O–H groups in total.